The molecule has 32 heavy (non-hydrogen) atoms. The highest BCUT2D eigenvalue weighted by Gasteiger charge is 2.40. The molecule has 4 aliphatic rings. The van der Waals surface area contributed by atoms with Gasteiger partial charge in [-0.15, -0.1) is 0 Å². The Bertz CT molecular complexity index is 969. The normalized spacial score (nSPS) is 27.0. The number of hydrogen-bond donors (Lipinski definition) is 2. The topological polar surface area (TPSA) is 65.5 Å². The van der Waals surface area contributed by atoms with E-state index in [0.29, 0.717) is 0 Å². The van der Waals surface area contributed by atoms with Gasteiger partial charge in [-0.2, -0.15) is 11.8 Å². The van der Waals surface area contributed by atoms with Gasteiger partial charge in [-0.05, 0) is 55.7 Å². The van der Waals surface area contributed by atoms with Crippen LogP contribution in [0, 0.1) is 0 Å². The monoisotopic (exact) mass is 452 g/mol. The number of rotatable bonds is 5. The summed E-state index contributed by atoms with van der Waals surface area (Å²) in [5.41, 5.74) is 10.1. The molecule has 2 saturated heterocycles. The number of ether oxygens (including phenoxy) is 1. The summed E-state index contributed by atoms with van der Waals surface area (Å²) in [4.78, 5) is 14.4. The molecule has 2 N–H and O–H groups in total. The highest BCUT2D eigenvalue weighted by atomic mass is 32.2. The second kappa shape index (κ2) is 8.39. The first-order valence-corrected chi connectivity index (χ1v) is 13.0. The number of aromatic nitrogens is 2. The number of thioether (sulfide) groups is 1. The lowest BCUT2D eigenvalue weighted by Crippen LogP contribution is -2.50. The second-order valence-corrected chi connectivity index (χ2v) is 10.9. The van der Waals surface area contributed by atoms with E-state index in [0.717, 1.165) is 74.6 Å². The van der Waals surface area contributed by atoms with Crippen molar-refractivity contribution in [1.82, 2.24) is 20.3 Å². The van der Waals surface area contributed by atoms with E-state index in [1.165, 1.54) is 23.5 Å². The maximum absolute atomic E-state index is 6.24. The van der Waals surface area contributed by atoms with Crippen LogP contribution in [0.3, 0.4) is 0 Å². The first-order valence-electron chi connectivity index (χ1n) is 11.9. The van der Waals surface area contributed by atoms with Crippen LogP contribution >= 0.6 is 11.8 Å². The molecule has 0 spiro atoms. The molecule has 3 fully saturated rings. The van der Waals surface area contributed by atoms with Crippen LogP contribution in [0.2, 0.25) is 0 Å². The maximum Gasteiger partial charge on any atom is 0.132 e. The van der Waals surface area contributed by atoms with E-state index in [9.17, 15) is 0 Å². The van der Waals surface area contributed by atoms with Crippen molar-refractivity contribution in [2.24, 2.45) is 0 Å². The Hall–Kier alpha value is -2.03. The van der Waals surface area contributed by atoms with Gasteiger partial charge < -0.3 is 15.1 Å². The SMILES string of the molecule is CC1(Oc2ccc3c(c2)C(c2cc(N4CCN(C5CCSC5)CC4)ncn2)CNN3)CC1. The smallest absolute Gasteiger partial charge is 0.132 e. The standard InChI is InChI=1S/C24H32N6OS/c1-24(5-6-24)31-18-2-3-21-19(12-18)20(14-27-28-21)22-13-23(26-16-25-22)30-9-7-29(8-10-30)17-4-11-32-15-17/h2-3,12-13,16-17,20,27-28H,4-11,14-15H2,1H3. The van der Waals surface area contributed by atoms with Gasteiger partial charge in [0, 0.05) is 56.5 Å². The maximum atomic E-state index is 6.24. The van der Waals surface area contributed by atoms with Gasteiger partial charge in [-0.3, -0.25) is 4.90 Å². The Morgan fingerprint density at radius 1 is 1.12 bits per heavy atom. The van der Waals surface area contributed by atoms with Gasteiger partial charge in [-0.25, -0.2) is 15.4 Å². The van der Waals surface area contributed by atoms with E-state index in [4.69, 9.17) is 9.72 Å². The number of hydrazine groups is 1. The molecule has 2 unspecified atom stereocenters. The minimum absolute atomic E-state index is 0.0193. The van der Waals surface area contributed by atoms with Crippen LogP contribution in [0.15, 0.2) is 30.6 Å². The third kappa shape index (κ3) is 4.16. The van der Waals surface area contributed by atoms with E-state index in [1.54, 1.807) is 6.33 Å². The Morgan fingerprint density at radius 2 is 2.00 bits per heavy atom. The van der Waals surface area contributed by atoms with Crippen LogP contribution in [0.1, 0.15) is 43.4 Å². The quantitative estimate of drug-likeness (QED) is 0.718. The third-order valence-corrected chi connectivity index (χ3v) is 8.48. The van der Waals surface area contributed by atoms with Gasteiger partial charge in [-0.1, -0.05) is 0 Å². The predicted molar refractivity (Wildman–Crippen MR) is 130 cm³/mol. The zero-order valence-corrected chi connectivity index (χ0v) is 19.5. The first-order chi connectivity index (χ1) is 15.7. The lowest BCUT2D eigenvalue weighted by Gasteiger charge is -2.38. The van der Waals surface area contributed by atoms with Crippen LogP contribution in [0.5, 0.6) is 5.75 Å². The van der Waals surface area contributed by atoms with E-state index in [2.05, 4.69) is 68.6 Å². The number of piperazine rings is 1. The summed E-state index contributed by atoms with van der Waals surface area (Å²) in [5, 5.41) is 0. The summed E-state index contributed by atoms with van der Waals surface area (Å²) in [6, 6.07) is 9.33. The highest BCUT2D eigenvalue weighted by molar-refractivity contribution is 7.99. The molecule has 8 heteroatoms. The van der Waals surface area contributed by atoms with Crippen molar-refractivity contribution in [2.45, 2.75) is 43.7 Å². The molecular weight excluding hydrogens is 420 g/mol. The van der Waals surface area contributed by atoms with E-state index < -0.39 is 0 Å². The Labute approximate surface area is 194 Å². The number of nitrogens with zero attached hydrogens (tertiary/aromatic N) is 4. The Balaban J connectivity index is 1.20. The zero-order chi connectivity index (χ0) is 21.5. The van der Waals surface area contributed by atoms with Crippen LogP contribution in [0.25, 0.3) is 0 Å². The molecule has 4 heterocycles. The van der Waals surface area contributed by atoms with Crippen LogP contribution < -0.4 is 20.5 Å². The zero-order valence-electron chi connectivity index (χ0n) is 18.7. The van der Waals surface area contributed by atoms with E-state index in [-0.39, 0.29) is 11.5 Å². The molecule has 0 radical (unpaired) electrons. The van der Waals surface area contributed by atoms with Gasteiger partial charge in [0.05, 0.1) is 11.4 Å². The summed E-state index contributed by atoms with van der Waals surface area (Å²) >= 11 is 2.10. The lowest BCUT2D eigenvalue weighted by molar-refractivity contribution is 0.200. The van der Waals surface area contributed by atoms with Crippen LogP contribution in [-0.2, 0) is 0 Å². The number of fused-ring (bicyclic) bond motifs is 1. The van der Waals surface area contributed by atoms with E-state index in [1.807, 2.05) is 0 Å². The number of hydrogen-bond acceptors (Lipinski definition) is 8. The molecule has 2 atom stereocenters. The van der Waals surface area contributed by atoms with Gasteiger partial charge in [0.25, 0.3) is 0 Å². The number of anilines is 2. The van der Waals surface area contributed by atoms with Crippen molar-refractivity contribution < 1.29 is 4.74 Å². The second-order valence-electron chi connectivity index (χ2n) is 9.70. The van der Waals surface area contributed by atoms with Crippen molar-refractivity contribution in [2.75, 3.05) is 54.6 Å². The molecule has 170 valence electrons. The molecule has 0 amide bonds. The lowest BCUT2D eigenvalue weighted by atomic mass is 9.92. The van der Waals surface area contributed by atoms with E-state index >= 15 is 0 Å². The Morgan fingerprint density at radius 3 is 2.78 bits per heavy atom. The van der Waals surface area contributed by atoms with Crippen molar-refractivity contribution in [3.05, 3.63) is 41.9 Å². The summed E-state index contributed by atoms with van der Waals surface area (Å²) in [6.45, 7) is 7.30. The highest BCUT2D eigenvalue weighted by Crippen LogP contribution is 2.42. The molecule has 1 saturated carbocycles. The third-order valence-electron chi connectivity index (χ3n) is 7.34. The molecule has 7 nitrogen and oxygen atoms in total. The predicted octanol–water partition coefficient (Wildman–Crippen LogP) is 3.10. The summed E-state index contributed by atoms with van der Waals surface area (Å²) in [5.74, 6) is 4.78. The summed E-state index contributed by atoms with van der Waals surface area (Å²) < 4.78 is 6.24. The van der Waals surface area contributed by atoms with Gasteiger partial charge in [0.15, 0.2) is 0 Å². The average Bonchev–Trinajstić information content (AvgIpc) is 3.32. The van der Waals surface area contributed by atoms with Crippen molar-refractivity contribution in [3.8, 4) is 5.75 Å². The van der Waals surface area contributed by atoms with Crippen molar-refractivity contribution in [3.63, 3.8) is 0 Å². The molecular formula is C24H32N6OS. The van der Waals surface area contributed by atoms with Gasteiger partial charge in [0.1, 0.15) is 23.5 Å². The summed E-state index contributed by atoms with van der Waals surface area (Å²) in [7, 11) is 0. The van der Waals surface area contributed by atoms with Gasteiger partial charge >= 0.3 is 0 Å². The fourth-order valence-electron chi connectivity index (χ4n) is 5.04. The van der Waals surface area contributed by atoms with Crippen molar-refractivity contribution in [1.29, 1.82) is 0 Å². The van der Waals surface area contributed by atoms with Crippen LogP contribution in [-0.4, -0.2) is 70.7 Å². The van der Waals surface area contributed by atoms with Crippen LogP contribution in [0.4, 0.5) is 11.5 Å². The minimum atomic E-state index is 0.0193. The molecule has 2 aromatic rings. The summed E-state index contributed by atoms with van der Waals surface area (Å²) in [6.07, 6.45) is 5.35. The fourth-order valence-corrected chi connectivity index (χ4v) is 6.30. The number of benzene rings is 1. The molecule has 1 aromatic carbocycles. The first kappa shape index (κ1) is 20.6. The molecule has 3 aliphatic heterocycles. The minimum Gasteiger partial charge on any atom is -0.488 e. The number of nitrogens with one attached hydrogen (secondary N) is 2. The molecule has 1 aromatic heterocycles. The largest absolute Gasteiger partial charge is 0.488 e. The molecule has 1 aliphatic carbocycles. The van der Waals surface area contributed by atoms with Gasteiger partial charge in [0.2, 0.25) is 0 Å². The molecule has 6 rings (SSSR count). The Kier molecular flexibility index (Phi) is 5.39. The molecule has 0 bridgehead atoms. The van der Waals surface area contributed by atoms with Crippen molar-refractivity contribution >= 4 is 23.3 Å². The fraction of sp³-hybridized carbons (Fsp3) is 0.583. The average molecular weight is 453 g/mol.